The Morgan fingerprint density at radius 1 is 0.882 bits per heavy atom. The maximum Gasteiger partial charge on any atom is 0.243 e. The molecule has 0 amide bonds. The summed E-state index contributed by atoms with van der Waals surface area (Å²) >= 11 is 0. The molecule has 1 aromatic heterocycles. The Balaban J connectivity index is 1.15. The number of hydrogen-bond donors (Lipinski definition) is 0. The SMILES string of the molecule is O=S(=O)(c1ccc2c(c1)OCCO2)N1CCN(Cc2nn(-c3ccccc3)c3c2CCC3)CC1. The molecule has 3 aliphatic rings. The second kappa shape index (κ2) is 8.72. The van der Waals surface area contributed by atoms with Gasteiger partial charge in [0.1, 0.15) is 13.2 Å². The predicted molar refractivity (Wildman–Crippen MR) is 127 cm³/mol. The number of rotatable bonds is 5. The van der Waals surface area contributed by atoms with E-state index in [0.29, 0.717) is 50.9 Å². The van der Waals surface area contributed by atoms with E-state index in [2.05, 4.69) is 21.7 Å². The van der Waals surface area contributed by atoms with Gasteiger partial charge in [-0.1, -0.05) is 18.2 Å². The van der Waals surface area contributed by atoms with E-state index in [-0.39, 0.29) is 4.90 Å². The average molecular weight is 481 g/mol. The van der Waals surface area contributed by atoms with Crippen LogP contribution in [0.4, 0.5) is 0 Å². The first kappa shape index (κ1) is 21.6. The number of nitrogens with zero attached hydrogens (tertiary/aromatic N) is 4. The normalized spacial score (nSPS) is 18.7. The predicted octanol–water partition coefficient (Wildman–Crippen LogP) is 2.64. The molecular weight excluding hydrogens is 452 g/mol. The van der Waals surface area contributed by atoms with Crippen LogP contribution in [0.25, 0.3) is 5.69 Å². The van der Waals surface area contributed by atoms with Crippen molar-refractivity contribution in [3.63, 3.8) is 0 Å². The highest BCUT2D eigenvalue weighted by Gasteiger charge is 2.31. The number of hydrogen-bond acceptors (Lipinski definition) is 6. The van der Waals surface area contributed by atoms with Gasteiger partial charge in [-0.3, -0.25) is 4.90 Å². The summed E-state index contributed by atoms with van der Waals surface area (Å²) in [5, 5.41) is 4.97. The van der Waals surface area contributed by atoms with E-state index in [1.807, 2.05) is 18.2 Å². The maximum atomic E-state index is 13.2. The van der Waals surface area contributed by atoms with Crippen LogP contribution in [0.15, 0.2) is 53.4 Å². The number of fused-ring (bicyclic) bond motifs is 2. The van der Waals surface area contributed by atoms with E-state index in [1.54, 1.807) is 22.5 Å². The Labute approximate surface area is 199 Å². The standard InChI is InChI=1S/C25H28N4O4S/c30-34(31,20-9-10-24-25(17-20)33-16-15-32-24)28-13-11-27(12-14-28)18-22-21-7-4-8-23(21)29(26-22)19-5-2-1-3-6-19/h1-3,5-6,9-10,17H,4,7-8,11-16,18H2. The second-order valence-corrected chi connectivity index (χ2v) is 10.9. The summed E-state index contributed by atoms with van der Waals surface area (Å²) < 4.78 is 41.3. The number of piperazine rings is 1. The summed E-state index contributed by atoms with van der Waals surface area (Å²) in [4.78, 5) is 2.57. The van der Waals surface area contributed by atoms with E-state index in [9.17, 15) is 8.42 Å². The van der Waals surface area contributed by atoms with E-state index in [0.717, 1.165) is 37.2 Å². The zero-order valence-electron chi connectivity index (χ0n) is 19.0. The van der Waals surface area contributed by atoms with Crippen molar-refractivity contribution in [2.75, 3.05) is 39.4 Å². The van der Waals surface area contributed by atoms with Crippen molar-refractivity contribution in [1.29, 1.82) is 0 Å². The molecule has 1 fully saturated rings. The molecule has 0 spiro atoms. The first-order valence-electron chi connectivity index (χ1n) is 11.9. The molecule has 6 rings (SSSR count). The van der Waals surface area contributed by atoms with Gasteiger partial charge in [-0.25, -0.2) is 13.1 Å². The smallest absolute Gasteiger partial charge is 0.243 e. The van der Waals surface area contributed by atoms with Gasteiger partial charge in [0, 0.05) is 44.5 Å². The van der Waals surface area contributed by atoms with Crippen LogP contribution in [0.2, 0.25) is 0 Å². The number of sulfonamides is 1. The Morgan fingerprint density at radius 3 is 2.44 bits per heavy atom. The molecule has 2 aromatic carbocycles. The molecule has 9 heteroatoms. The minimum atomic E-state index is -3.58. The van der Waals surface area contributed by atoms with Gasteiger partial charge in [0.25, 0.3) is 0 Å². The third-order valence-electron chi connectivity index (χ3n) is 6.87. The van der Waals surface area contributed by atoms with Crippen LogP contribution in [-0.2, 0) is 29.4 Å². The lowest BCUT2D eigenvalue weighted by Gasteiger charge is -2.33. The molecule has 3 aromatic rings. The maximum absolute atomic E-state index is 13.2. The van der Waals surface area contributed by atoms with E-state index < -0.39 is 10.0 Å². The number of para-hydroxylation sites is 1. The molecule has 0 bridgehead atoms. The first-order valence-corrected chi connectivity index (χ1v) is 13.3. The van der Waals surface area contributed by atoms with E-state index in [1.165, 1.54) is 11.3 Å². The Hall–Kier alpha value is -2.88. The van der Waals surface area contributed by atoms with Crippen LogP contribution in [0.5, 0.6) is 11.5 Å². The molecule has 2 aliphatic heterocycles. The number of aromatic nitrogens is 2. The van der Waals surface area contributed by atoms with Crippen LogP contribution in [-0.4, -0.2) is 66.8 Å². The van der Waals surface area contributed by atoms with Crippen molar-refractivity contribution in [3.05, 3.63) is 65.5 Å². The highest BCUT2D eigenvalue weighted by molar-refractivity contribution is 7.89. The highest BCUT2D eigenvalue weighted by Crippen LogP contribution is 2.33. The van der Waals surface area contributed by atoms with Gasteiger partial charge in [0.2, 0.25) is 10.0 Å². The molecular formula is C25H28N4O4S. The Morgan fingerprint density at radius 2 is 1.65 bits per heavy atom. The summed E-state index contributed by atoms with van der Waals surface area (Å²) in [7, 11) is -3.58. The molecule has 0 atom stereocenters. The Bertz CT molecular complexity index is 1300. The number of ether oxygens (including phenoxy) is 2. The molecule has 178 valence electrons. The van der Waals surface area contributed by atoms with Crippen molar-refractivity contribution in [1.82, 2.24) is 19.0 Å². The van der Waals surface area contributed by atoms with Gasteiger partial charge in [-0.2, -0.15) is 9.40 Å². The lowest BCUT2D eigenvalue weighted by Crippen LogP contribution is -2.48. The monoisotopic (exact) mass is 480 g/mol. The van der Waals surface area contributed by atoms with Gasteiger partial charge in [0.05, 0.1) is 16.3 Å². The van der Waals surface area contributed by atoms with Gasteiger partial charge >= 0.3 is 0 Å². The minimum absolute atomic E-state index is 0.254. The fraction of sp³-hybridized carbons (Fsp3) is 0.400. The third kappa shape index (κ3) is 3.87. The van der Waals surface area contributed by atoms with Crippen molar-refractivity contribution >= 4 is 10.0 Å². The van der Waals surface area contributed by atoms with Crippen molar-refractivity contribution < 1.29 is 17.9 Å². The zero-order valence-corrected chi connectivity index (χ0v) is 19.8. The molecule has 0 saturated carbocycles. The quantitative estimate of drug-likeness (QED) is 0.559. The van der Waals surface area contributed by atoms with Crippen LogP contribution >= 0.6 is 0 Å². The molecule has 34 heavy (non-hydrogen) atoms. The van der Waals surface area contributed by atoms with Gasteiger partial charge in [-0.15, -0.1) is 0 Å². The lowest BCUT2D eigenvalue weighted by molar-refractivity contribution is 0.170. The summed E-state index contributed by atoms with van der Waals surface area (Å²) in [5.74, 6) is 1.09. The van der Waals surface area contributed by atoms with Crippen LogP contribution in [0.1, 0.15) is 23.4 Å². The molecule has 8 nitrogen and oxygen atoms in total. The van der Waals surface area contributed by atoms with Crippen LogP contribution < -0.4 is 9.47 Å². The van der Waals surface area contributed by atoms with Gasteiger partial charge in [-0.05, 0) is 49.1 Å². The molecule has 3 heterocycles. The molecule has 0 unspecified atom stereocenters. The fourth-order valence-electron chi connectivity index (χ4n) is 5.10. The summed E-state index contributed by atoms with van der Waals surface area (Å²) in [5.41, 5.74) is 4.91. The van der Waals surface area contributed by atoms with E-state index in [4.69, 9.17) is 14.6 Å². The minimum Gasteiger partial charge on any atom is -0.486 e. The number of benzene rings is 2. The molecule has 0 N–H and O–H groups in total. The van der Waals surface area contributed by atoms with Crippen molar-refractivity contribution in [2.45, 2.75) is 30.7 Å². The first-order chi connectivity index (χ1) is 16.6. The van der Waals surface area contributed by atoms with Crippen LogP contribution in [0.3, 0.4) is 0 Å². The highest BCUT2D eigenvalue weighted by atomic mass is 32.2. The fourth-order valence-corrected chi connectivity index (χ4v) is 6.53. The lowest BCUT2D eigenvalue weighted by atomic mass is 10.2. The molecule has 1 saturated heterocycles. The second-order valence-electron chi connectivity index (χ2n) is 8.96. The van der Waals surface area contributed by atoms with Crippen molar-refractivity contribution in [3.8, 4) is 17.2 Å². The zero-order chi connectivity index (χ0) is 23.1. The summed E-state index contributed by atoms with van der Waals surface area (Å²) in [6.07, 6.45) is 3.28. The topological polar surface area (TPSA) is 76.9 Å². The van der Waals surface area contributed by atoms with E-state index >= 15 is 0 Å². The Kier molecular flexibility index (Phi) is 5.55. The van der Waals surface area contributed by atoms with Gasteiger partial charge < -0.3 is 9.47 Å². The summed E-state index contributed by atoms with van der Waals surface area (Å²) in [6, 6.07) is 15.2. The van der Waals surface area contributed by atoms with Gasteiger partial charge in [0.15, 0.2) is 11.5 Å². The largest absolute Gasteiger partial charge is 0.486 e. The summed E-state index contributed by atoms with van der Waals surface area (Å²) in [6.45, 7) is 3.93. The average Bonchev–Trinajstić information content (AvgIpc) is 3.49. The molecule has 1 aliphatic carbocycles. The van der Waals surface area contributed by atoms with Crippen molar-refractivity contribution in [2.24, 2.45) is 0 Å². The molecule has 0 radical (unpaired) electrons. The van der Waals surface area contributed by atoms with Crippen LogP contribution in [0, 0.1) is 0 Å². The third-order valence-corrected chi connectivity index (χ3v) is 8.76.